The Morgan fingerprint density at radius 3 is 2.95 bits per heavy atom. The molecule has 1 aromatic heterocycles. The first-order valence-electron chi connectivity index (χ1n) is 7.72. The Bertz CT molecular complexity index is 632. The maximum atomic E-state index is 5.59. The Balaban J connectivity index is 1.69. The number of ether oxygens (including phenoxy) is 1. The van der Waals surface area contributed by atoms with Crippen molar-refractivity contribution < 1.29 is 4.74 Å². The van der Waals surface area contributed by atoms with Gasteiger partial charge in [-0.3, -0.25) is 4.90 Å². The molecule has 0 N–H and O–H groups in total. The van der Waals surface area contributed by atoms with E-state index >= 15 is 0 Å². The maximum Gasteiger partial charge on any atom is 0.123 e. The summed E-state index contributed by atoms with van der Waals surface area (Å²) in [7, 11) is 1.76. The fourth-order valence-corrected chi connectivity index (χ4v) is 3.31. The summed E-state index contributed by atoms with van der Waals surface area (Å²) >= 11 is 0. The van der Waals surface area contributed by atoms with Gasteiger partial charge in [-0.15, -0.1) is 0 Å². The van der Waals surface area contributed by atoms with Crippen LogP contribution < -0.4 is 4.74 Å². The van der Waals surface area contributed by atoms with Gasteiger partial charge < -0.3 is 9.30 Å². The van der Waals surface area contributed by atoms with Gasteiger partial charge in [0.15, 0.2) is 0 Å². The minimum absolute atomic E-state index is 0.378. The van der Waals surface area contributed by atoms with E-state index in [2.05, 4.69) is 38.8 Å². The van der Waals surface area contributed by atoms with Crippen LogP contribution in [0.2, 0.25) is 0 Å². The highest BCUT2D eigenvalue weighted by Crippen LogP contribution is 2.38. The smallest absolute Gasteiger partial charge is 0.123 e. The van der Waals surface area contributed by atoms with Crippen molar-refractivity contribution in [3.8, 4) is 5.75 Å². The summed E-state index contributed by atoms with van der Waals surface area (Å²) < 4.78 is 7.86. The predicted octanol–water partition coefficient (Wildman–Crippen LogP) is 2.86. The van der Waals surface area contributed by atoms with E-state index in [1.54, 1.807) is 7.11 Å². The molecule has 4 nitrogen and oxygen atoms in total. The molecule has 4 rings (SSSR count). The Morgan fingerprint density at radius 1 is 1.29 bits per heavy atom. The van der Waals surface area contributed by atoms with Crippen LogP contribution in [0.25, 0.3) is 0 Å². The predicted molar refractivity (Wildman–Crippen MR) is 81.1 cm³/mol. The van der Waals surface area contributed by atoms with E-state index < -0.39 is 0 Å². The Hall–Kier alpha value is -1.81. The van der Waals surface area contributed by atoms with Gasteiger partial charge in [0.05, 0.1) is 19.7 Å². The van der Waals surface area contributed by atoms with E-state index in [1.165, 1.54) is 30.8 Å². The summed E-state index contributed by atoms with van der Waals surface area (Å²) in [6.45, 7) is 3.07. The summed E-state index contributed by atoms with van der Waals surface area (Å²) in [5.41, 5.74) is 1.29. The average Bonchev–Trinajstić information content (AvgIpc) is 3.22. The molecule has 2 heterocycles. The summed E-state index contributed by atoms with van der Waals surface area (Å²) in [6, 6.07) is 8.79. The van der Waals surface area contributed by atoms with Crippen LogP contribution in [0.3, 0.4) is 0 Å². The first kappa shape index (κ1) is 12.9. The average molecular weight is 283 g/mol. The van der Waals surface area contributed by atoms with Crippen molar-refractivity contribution in [1.29, 1.82) is 0 Å². The third-order valence-corrected chi connectivity index (χ3v) is 4.64. The van der Waals surface area contributed by atoms with Crippen LogP contribution in [0.4, 0.5) is 0 Å². The third kappa shape index (κ3) is 2.44. The van der Waals surface area contributed by atoms with Crippen LogP contribution in [-0.2, 0) is 13.1 Å². The first-order valence-corrected chi connectivity index (χ1v) is 7.72. The number of aromatic nitrogens is 2. The second kappa shape index (κ2) is 5.19. The van der Waals surface area contributed by atoms with Gasteiger partial charge in [0.2, 0.25) is 0 Å². The molecule has 1 fully saturated rings. The largest absolute Gasteiger partial charge is 0.496 e. The molecule has 110 valence electrons. The third-order valence-electron chi connectivity index (χ3n) is 4.64. The van der Waals surface area contributed by atoms with Crippen molar-refractivity contribution in [2.24, 2.45) is 5.92 Å². The Morgan fingerprint density at radius 2 is 2.14 bits per heavy atom. The quantitative estimate of drug-likeness (QED) is 0.864. The summed E-state index contributed by atoms with van der Waals surface area (Å²) in [5.74, 6) is 3.05. The van der Waals surface area contributed by atoms with Gasteiger partial charge in [0.25, 0.3) is 0 Å². The SMILES string of the molecule is COc1ccccc1[C@@H]1Cn2ccnc2CN1CC1CC1. The van der Waals surface area contributed by atoms with E-state index in [1.807, 2.05) is 12.3 Å². The highest BCUT2D eigenvalue weighted by Gasteiger charge is 2.33. The van der Waals surface area contributed by atoms with Crippen LogP contribution in [0.15, 0.2) is 36.7 Å². The van der Waals surface area contributed by atoms with Gasteiger partial charge in [-0.2, -0.15) is 0 Å². The molecule has 0 unspecified atom stereocenters. The summed E-state index contributed by atoms with van der Waals surface area (Å²) in [4.78, 5) is 7.08. The van der Waals surface area contributed by atoms with E-state index in [-0.39, 0.29) is 0 Å². The highest BCUT2D eigenvalue weighted by atomic mass is 16.5. The molecule has 2 aromatic rings. The second-order valence-corrected chi connectivity index (χ2v) is 6.13. The molecule has 0 bridgehead atoms. The van der Waals surface area contributed by atoms with Gasteiger partial charge in [-0.05, 0) is 24.8 Å². The summed E-state index contributed by atoms with van der Waals surface area (Å²) in [6.07, 6.45) is 6.76. The van der Waals surface area contributed by atoms with Gasteiger partial charge in [-0.25, -0.2) is 4.98 Å². The molecule has 0 amide bonds. The zero-order valence-corrected chi connectivity index (χ0v) is 12.4. The molecule has 0 radical (unpaired) electrons. The number of hydrogen-bond acceptors (Lipinski definition) is 3. The number of nitrogens with zero attached hydrogens (tertiary/aromatic N) is 3. The van der Waals surface area contributed by atoms with Gasteiger partial charge in [0, 0.05) is 31.0 Å². The molecule has 1 aliphatic heterocycles. The van der Waals surface area contributed by atoms with Gasteiger partial charge in [0.1, 0.15) is 11.6 Å². The lowest BCUT2D eigenvalue weighted by molar-refractivity contribution is 0.128. The van der Waals surface area contributed by atoms with Gasteiger partial charge >= 0.3 is 0 Å². The number of fused-ring (bicyclic) bond motifs is 1. The molecule has 4 heteroatoms. The lowest BCUT2D eigenvalue weighted by atomic mass is 10.0. The normalized spacial score (nSPS) is 22.0. The molecule has 1 saturated carbocycles. The molecule has 0 spiro atoms. The van der Waals surface area contributed by atoms with Crippen LogP contribution in [0.5, 0.6) is 5.75 Å². The van der Waals surface area contributed by atoms with Crippen molar-refractivity contribution in [3.63, 3.8) is 0 Å². The van der Waals surface area contributed by atoms with Crippen molar-refractivity contribution in [2.45, 2.75) is 32.0 Å². The summed E-state index contributed by atoms with van der Waals surface area (Å²) in [5, 5.41) is 0. The minimum Gasteiger partial charge on any atom is -0.496 e. The van der Waals surface area contributed by atoms with E-state index in [0.717, 1.165) is 24.8 Å². The van der Waals surface area contributed by atoms with Crippen LogP contribution in [-0.4, -0.2) is 28.1 Å². The molecule has 1 atom stereocenters. The fraction of sp³-hybridized carbons (Fsp3) is 0.471. The van der Waals surface area contributed by atoms with Crippen LogP contribution in [0.1, 0.15) is 30.3 Å². The van der Waals surface area contributed by atoms with Crippen molar-refractivity contribution in [3.05, 3.63) is 48.0 Å². The minimum atomic E-state index is 0.378. The molecular weight excluding hydrogens is 262 g/mol. The van der Waals surface area contributed by atoms with E-state index in [0.29, 0.717) is 6.04 Å². The molecule has 0 saturated heterocycles. The zero-order valence-electron chi connectivity index (χ0n) is 12.4. The van der Waals surface area contributed by atoms with E-state index in [4.69, 9.17) is 4.74 Å². The van der Waals surface area contributed by atoms with Crippen LogP contribution in [0, 0.1) is 5.92 Å². The Kier molecular flexibility index (Phi) is 3.19. The fourth-order valence-electron chi connectivity index (χ4n) is 3.31. The second-order valence-electron chi connectivity index (χ2n) is 6.13. The lowest BCUT2D eigenvalue weighted by Crippen LogP contribution is -2.38. The number of benzene rings is 1. The van der Waals surface area contributed by atoms with Crippen molar-refractivity contribution in [2.75, 3.05) is 13.7 Å². The number of hydrogen-bond donors (Lipinski definition) is 0. The number of rotatable bonds is 4. The molecule has 21 heavy (non-hydrogen) atoms. The monoisotopic (exact) mass is 283 g/mol. The standard InChI is InChI=1S/C17H21N3O/c1-21-16-5-3-2-4-14(16)15-11-19-9-8-18-17(19)12-20(15)10-13-6-7-13/h2-5,8-9,13,15H,6-7,10-12H2,1H3/t15-/m0/s1. The maximum absolute atomic E-state index is 5.59. The Labute approximate surface area is 125 Å². The van der Waals surface area contributed by atoms with Crippen molar-refractivity contribution in [1.82, 2.24) is 14.5 Å². The molecule has 2 aliphatic rings. The van der Waals surface area contributed by atoms with Crippen molar-refractivity contribution >= 4 is 0 Å². The highest BCUT2D eigenvalue weighted by molar-refractivity contribution is 5.36. The first-order chi connectivity index (χ1) is 10.3. The molecule has 1 aromatic carbocycles. The topological polar surface area (TPSA) is 30.3 Å². The lowest BCUT2D eigenvalue weighted by Gasteiger charge is -2.37. The van der Waals surface area contributed by atoms with Gasteiger partial charge in [-0.1, -0.05) is 18.2 Å². The van der Waals surface area contributed by atoms with Crippen LogP contribution >= 0.6 is 0 Å². The molecule has 1 aliphatic carbocycles. The number of imidazole rings is 1. The van der Waals surface area contributed by atoms with E-state index in [9.17, 15) is 0 Å². The zero-order chi connectivity index (χ0) is 14.2. The molecular formula is C17H21N3O. The number of para-hydroxylation sites is 1. The number of methoxy groups -OCH3 is 1.